The van der Waals surface area contributed by atoms with Crippen molar-refractivity contribution in [1.82, 2.24) is 10.3 Å². The number of rotatable bonds is 4. The first-order valence-electron chi connectivity index (χ1n) is 8.20. The monoisotopic (exact) mass is 341 g/mol. The molecule has 0 radical (unpaired) electrons. The van der Waals surface area contributed by atoms with Crippen LogP contribution < -0.4 is 10.2 Å². The number of carbonyl (C=O) groups is 1. The van der Waals surface area contributed by atoms with Crippen LogP contribution in [0.5, 0.6) is 0 Å². The van der Waals surface area contributed by atoms with Crippen LogP contribution in [0.1, 0.15) is 23.2 Å². The second-order valence-corrected chi connectivity index (χ2v) is 6.90. The Morgan fingerprint density at radius 2 is 2.12 bits per heavy atom. The van der Waals surface area contributed by atoms with Gasteiger partial charge in [0.1, 0.15) is 5.52 Å². The molecule has 5 nitrogen and oxygen atoms in total. The number of piperidine rings is 1. The molecule has 1 aliphatic heterocycles. The summed E-state index contributed by atoms with van der Waals surface area (Å²) >= 11 is 1.54. The number of nitrogens with zero attached hydrogens (tertiary/aromatic N) is 2. The summed E-state index contributed by atoms with van der Waals surface area (Å²) in [4.78, 5) is 18.7. The van der Waals surface area contributed by atoms with Gasteiger partial charge in [0.2, 0.25) is 0 Å². The Balaban J connectivity index is 1.31. The van der Waals surface area contributed by atoms with Crippen LogP contribution in [0.3, 0.4) is 0 Å². The van der Waals surface area contributed by atoms with E-state index in [0.717, 1.165) is 49.1 Å². The fourth-order valence-electron chi connectivity index (χ4n) is 3.06. The van der Waals surface area contributed by atoms with Crippen LogP contribution >= 0.6 is 11.3 Å². The van der Waals surface area contributed by atoms with Crippen molar-refractivity contribution >= 4 is 34.4 Å². The minimum absolute atomic E-state index is 0.0256. The van der Waals surface area contributed by atoms with E-state index in [1.807, 2.05) is 41.1 Å². The van der Waals surface area contributed by atoms with Gasteiger partial charge in [-0.15, -0.1) is 0 Å². The highest BCUT2D eigenvalue weighted by molar-refractivity contribution is 7.08. The summed E-state index contributed by atoms with van der Waals surface area (Å²) in [5.74, 6) is 0.533. The number of hydrogen-bond acceptors (Lipinski definition) is 5. The third-order valence-corrected chi connectivity index (χ3v) is 5.19. The zero-order valence-electron chi connectivity index (χ0n) is 13.3. The molecule has 0 saturated carbocycles. The molecule has 1 saturated heterocycles. The third-order valence-electron chi connectivity index (χ3n) is 4.50. The van der Waals surface area contributed by atoms with Crippen LogP contribution in [0, 0.1) is 5.92 Å². The Bertz CT molecular complexity index is 787. The number of nitrogens with one attached hydrogen (secondary N) is 1. The first-order chi connectivity index (χ1) is 11.8. The van der Waals surface area contributed by atoms with Crippen LogP contribution in [0.25, 0.3) is 11.1 Å². The molecular formula is C18H19N3O2S. The number of anilines is 1. The lowest BCUT2D eigenvalue weighted by atomic mass is 9.97. The van der Waals surface area contributed by atoms with Gasteiger partial charge in [-0.1, -0.05) is 12.1 Å². The molecule has 1 aromatic carbocycles. The molecule has 1 N–H and O–H groups in total. The maximum absolute atomic E-state index is 12.0. The van der Waals surface area contributed by atoms with Crippen LogP contribution in [-0.2, 0) is 0 Å². The molecule has 0 aliphatic carbocycles. The fraction of sp³-hybridized carbons (Fsp3) is 0.333. The standard InChI is InChI=1S/C18H19N3O2S/c22-17(14-7-10-24-12-14)19-11-13-5-8-21(9-6-13)18-20-15-3-1-2-4-16(15)23-18/h1-4,7,10,12-13H,5-6,8-9,11H2,(H,19,22). The number of aromatic nitrogens is 1. The molecule has 0 bridgehead atoms. The molecule has 3 heterocycles. The molecular weight excluding hydrogens is 322 g/mol. The minimum atomic E-state index is 0.0256. The van der Waals surface area contributed by atoms with Crippen molar-refractivity contribution in [2.75, 3.05) is 24.5 Å². The average molecular weight is 341 g/mol. The van der Waals surface area contributed by atoms with Crippen LogP contribution in [-0.4, -0.2) is 30.5 Å². The highest BCUT2D eigenvalue weighted by Gasteiger charge is 2.23. The fourth-order valence-corrected chi connectivity index (χ4v) is 3.69. The number of fused-ring (bicyclic) bond motifs is 1. The summed E-state index contributed by atoms with van der Waals surface area (Å²) in [6.07, 6.45) is 2.06. The summed E-state index contributed by atoms with van der Waals surface area (Å²) in [7, 11) is 0. The van der Waals surface area contributed by atoms with Gasteiger partial charge in [0.15, 0.2) is 5.58 Å². The summed E-state index contributed by atoms with van der Waals surface area (Å²) in [6.45, 7) is 2.55. The molecule has 1 fully saturated rings. The number of oxazole rings is 1. The molecule has 0 unspecified atom stereocenters. The third kappa shape index (κ3) is 3.14. The van der Waals surface area contributed by atoms with Crippen molar-refractivity contribution in [2.24, 2.45) is 5.92 Å². The number of hydrogen-bond donors (Lipinski definition) is 1. The lowest BCUT2D eigenvalue weighted by Crippen LogP contribution is -2.38. The maximum Gasteiger partial charge on any atom is 0.298 e. The van der Waals surface area contributed by atoms with E-state index in [-0.39, 0.29) is 5.91 Å². The Hall–Kier alpha value is -2.34. The quantitative estimate of drug-likeness (QED) is 0.788. The van der Waals surface area contributed by atoms with Gasteiger partial charge < -0.3 is 14.6 Å². The van der Waals surface area contributed by atoms with Crippen molar-refractivity contribution in [3.63, 3.8) is 0 Å². The van der Waals surface area contributed by atoms with Crippen LogP contribution in [0.15, 0.2) is 45.5 Å². The van der Waals surface area contributed by atoms with Gasteiger partial charge in [0.25, 0.3) is 11.9 Å². The lowest BCUT2D eigenvalue weighted by Gasteiger charge is -2.30. The second kappa shape index (κ2) is 6.65. The Labute approximate surface area is 144 Å². The van der Waals surface area contributed by atoms with E-state index in [1.165, 1.54) is 0 Å². The zero-order valence-corrected chi connectivity index (χ0v) is 14.1. The molecule has 0 atom stereocenters. The Morgan fingerprint density at radius 3 is 2.88 bits per heavy atom. The predicted octanol–water partition coefficient (Wildman–Crippen LogP) is 3.54. The van der Waals surface area contributed by atoms with Gasteiger partial charge in [-0.2, -0.15) is 16.3 Å². The number of para-hydroxylation sites is 2. The molecule has 6 heteroatoms. The first kappa shape index (κ1) is 15.2. The highest BCUT2D eigenvalue weighted by Crippen LogP contribution is 2.26. The summed E-state index contributed by atoms with van der Waals surface area (Å²) in [6, 6.07) is 10.4. The van der Waals surface area contributed by atoms with Gasteiger partial charge in [0.05, 0.1) is 0 Å². The number of amides is 1. The van der Waals surface area contributed by atoms with E-state index in [4.69, 9.17) is 4.42 Å². The molecule has 124 valence electrons. The zero-order chi connectivity index (χ0) is 16.4. The van der Waals surface area contributed by atoms with Crippen molar-refractivity contribution < 1.29 is 9.21 Å². The SMILES string of the molecule is O=C(NCC1CCN(c2nc3ccccc3o2)CC1)c1ccsc1. The number of benzene rings is 1. The van der Waals surface area contributed by atoms with E-state index >= 15 is 0 Å². The highest BCUT2D eigenvalue weighted by atomic mass is 32.1. The van der Waals surface area contributed by atoms with Crippen molar-refractivity contribution in [2.45, 2.75) is 12.8 Å². The summed E-state index contributed by atoms with van der Waals surface area (Å²) in [5, 5.41) is 6.85. The van der Waals surface area contributed by atoms with E-state index in [9.17, 15) is 4.79 Å². The van der Waals surface area contributed by atoms with E-state index in [0.29, 0.717) is 11.9 Å². The van der Waals surface area contributed by atoms with Crippen LogP contribution in [0.4, 0.5) is 6.01 Å². The molecule has 2 aromatic heterocycles. The normalized spacial score (nSPS) is 15.8. The Kier molecular flexibility index (Phi) is 4.21. The molecule has 1 amide bonds. The summed E-state index contributed by atoms with van der Waals surface area (Å²) in [5.41, 5.74) is 2.49. The number of carbonyl (C=O) groups excluding carboxylic acids is 1. The first-order valence-corrected chi connectivity index (χ1v) is 9.15. The largest absolute Gasteiger partial charge is 0.423 e. The maximum atomic E-state index is 12.0. The molecule has 3 aromatic rings. The second-order valence-electron chi connectivity index (χ2n) is 6.12. The van der Waals surface area contributed by atoms with Gasteiger partial charge in [0, 0.05) is 30.6 Å². The van der Waals surface area contributed by atoms with Gasteiger partial charge in [-0.3, -0.25) is 4.79 Å². The van der Waals surface area contributed by atoms with Crippen molar-refractivity contribution in [3.05, 3.63) is 46.7 Å². The van der Waals surface area contributed by atoms with E-state index in [1.54, 1.807) is 11.3 Å². The lowest BCUT2D eigenvalue weighted by molar-refractivity contribution is 0.0945. The molecule has 0 spiro atoms. The van der Waals surface area contributed by atoms with E-state index in [2.05, 4.69) is 15.2 Å². The van der Waals surface area contributed by atoms with Gasteiger partial charge in [-0.25, -0.2) is 0 Å². The van der Waals surface area contributed by atoms with E-state index < -0.39 is 0 Å². The van der Waals surface area contributed by atoms with Crippen LogP contribution in [0.2, 0.25) is 0 Å². The molecule has 1 aliphatic rings. The summed E-state index contributed by atoms with van der Waals surface area (Å²) < 4.78 is 5.84. The predicted molar refractivity (Wildman–Crippen MR) is 95.6 cm³/mol. The van der Waals surface area contributed by atoms with Gasteiger partial charge >= 0.3 is 0 Å². The van der Waals surface area contributed by atoms with Crippen molar-refractivity contribution in [1.29, 1.82) is 0 Å². The van der Waals surface area contributed by atoms with Gasteiger partial charge in [-0.05, 0) is 42.3 Å². The number of thiophene rings is 1. The molecule has 24 heavy (non-hydrogen) atoms. The average Bonchev–Trinajstić information content (AvgIpc) is 3.29. The molecule has 4 rings (SSSR count). The Morgan fingerprint density at radius 1 is 1.29 bits per heavy atom. The minimum Gasteiger partial charge on any atom is -0.423 e. The smallest absolute Gasteiger partial charge is 0.298 e. The topological polar surface area (TPSA) is 58.4 Å². The van der Waals surface area contributed by atoms with Crippen molar-refractivity contribution in [3.8, 4) is 0 Å².